The lowest BCUT2D eigenvalue weighted by atomic mass is 10.1. The van der Waals surface area contributed by atoms with Crippen LogP contribution in [0.5, 0.6) is 5.88 Å². The van der Waals surface area contributed by atoms with Gasteiger partial charge in [-0.25, -0.2) is 0 Å². The predicted molar refractivity (Wildman–Crippen MR) is 70.6 cm³/mol. The summed E-state index contributed by atoms with van der Waals surface area (Å²) in [5.74, 6) is 0.343. The van der Waals surface area contributed by atoms with Crippen molar-refractivity contribution in [2.45, 2.75) is 26.2 Å². The van der Waals surface area contributed by atoms with Gasteiger partial charge in [0.05, 0.1) is 0 Å². The van der Waals surface area contributed by atoms with Crippen molar-refractivity contribution in [2.24, 2.45) is 0 Å². The molecule has 4 heteroatoms. The molecule has 0 spiro atoms. The molecule has 2 rings (SSSR count). The van der Waals surface area contributed by atoms with Crippen molar-refractivity contribution >= 4 is 0 Å². The molecule has 0 radical (unpaired) electrons. The van der Waals surface area contributed by atoms with Gasteiger partial charge < -0.3 is 10.1 Å². The van der Waals surface area contributed by atoms with Gasteiger partial charge in [0.2, 0.25) is 5.88 Å². The van der Waals surface area contributed by atoms with E-state index >= 15 is 0 Å². The van der Waals surface area contributed by atoms with E-state index in [2.05, 4.69) is 16.9 Å². The van der Waals surface area contributed by atoms with E-state index in [9.17, 15) is 9.90 Å². The Labute approximate surface area is 105 Å². The third-order valence-corrected chi connectivity index (χ3v) is 2.78. The van der Waals surface area contributed by atoms with Crippen LogP contribution in [-0.4, -0.2) is 15.1 Å². The second-order valence-electron chi connectivity index (χ2n) is 4.18. The molecule has 0 amide bonds. The van der Waals surface area contributed by atoms with Gasteiger partial charge in [-0.05, 0) is 12.0 Å². The summed E-state index contributed by atoms with van der Waals surface area (Å²) in [6.45, 7) is 2.07. The summed E-state index contributed by atoms with van der Waals surface area (Å²) in [5, 5.41) is 9.89. The average molecular weight is 244 g/mol. The van der Waals surface area contributed by atoms with E-state index in [4.69, 9.17) is 0 Å². The van der Waals surface area contributed by atoms with E-state index in [-0.39, 0.29) is 17.0 Å². The minimum absolute atomic E-state index is 0.198. The fourth-order valence-corrected chi connectivity index (χ4v) is 1.83. The van der Waals surface area contributed by atoms with Crippen molar-refractivity contribution in [1.82, 2.24) is 9.97 Å². The fourth-order valence-electron chi connectivity index (χ4n) is 1.83. The van der Waals surface area contributed by atoms with Gasteiger partial charge in [-0.3, -0.25) is 4.79 Å². The van der Waals surface area contributed by atoms with Crippen LogP contribution in [0.25, 0.3) is 11.1 Å². The number of unbranched alkanes of at least 4 members (excludes halogenated alkanes) is 1. The van der Waals surface area contributed by atoms with E-state index in [1.54, 1.807) is 12.1 Å². The van der Waals surface area contributed by atoms with Gasteiger partial charge in [-0.1, -0.05) is 43.7 Å². The fraction of sp³-hybridized carbons (Fsp3) is 0.286. The summed E-state index contributed by atoms with van der Waals surface area (Å²) < 4.78 is 0. The van der Waals surface area contributed by atoms with Gasteiger partial charge in [-0.15, -0.1) is 0 Å². The molecule has 4 nitrogen and oxygen atoms in total. The highest BCUT2D eigenvalue weighted by molar-refractivity contribution is 5.66. The standard InChI is InChI=1S/C14H16N2O2/c1-2-3-9-11-15-13(17)12(14(18)16-11)10-7-5-4-6-8-10/h4-8H,2-3,9H2,1H3,(H2,15,16,17,18). The monoisotopic (exact) mass is 244 g/mol. The number of hydrogen-bond acceptors (Lipinski definition) is 3. The first-order valence-electron chi connectivity index (χ1n) is 6.10. The zero-order valence-corrected chi connectivity index (χ0v) is 10.3. The highest BCUT2D eigenvalue weighted by Crippen LogP contribution is 2.22. The van der Waals surface area contributed by atoms with Crippen molar-refractivity contribution in [3.63, 3.8) is 0 Å². The number of H-pyrrole nitrogens is 1. The van der Waals surface area contributed by atoms with Crippen molar-refractivity contribution < 1.29 is 5.11 Å². The highest BCUT2D eigenvalue weighted by Gasteiger charge is 2.12. The van der Waals surface area contributed by atoms with Crippen LogP contribution in [-0.2, 0) is 6.42 Å². The van der Waals surface area contributed by atoms with Crippen LogP contribution in [0.1, 0.15) is 25.6 Å². The van der Waals surface area contributed by atoms with E-state index in [1.807, 2.05) is 18.2 Å². The molecule has 0 atom stereocenters. The van der Waals surface area contributed by atoms with Crippen molar-refractivity contribution in [2.75, 3.05) is 0 Å². The van der Waals surface area contributed by atoms with Crippen LogP contribution >= 0.6 is 0 Å². The van der Waals surface area contributed by atoms with E-state index in [1.165, 1.54) is 0 Å². The van der Waals surface area contributed by atoms with Crippen LogP contribution in [0.4, 0.5) is 0 Å². The average Bonchev–Trinajstić information content (AvgIpc) is 2.37. The Kier molecular flexibility index (Phi) is 3.77. The summed E-state index contributed by atoms with van der Waals surface area (Å²) in [4.78, 5) is 18.7. The van der Waals surface area contributed by atoms with Crippen molar-refractivity contribution in [3.05, 3.63) is 46.5 Å². The Hall–Kier alpha value is -2.10. The molecule has 94 valence electrons. The molecule has 0 saturated carbocycles. The Morgan fingerprint density at radius 1 is 1.28 bits per heavy atom. The van der Waals surface area contributed by atoms with Crippen LogP contribution in [0.3, 0.4) is 0 Å². The van der Waals surface area contributed by atoms with Crippen LogP contribution < -0.4 is 5.56 Å². The lowest BCUT2D eigenvalue weighted by Crippen LogP contribution is -2.14. The molecule has 1 aromatic heterocycles. The molecule has 18 heavy (non-hydrogen) atoms. The largest absolute Gasteiger partial charge is 0.493 e. The lowest BCUT2D eigenvalue weighted by Gasteiger charge is -2.05. The number of aromatic nitrogens is 2. The summed E-state index contributed by atoms with van der Waals surface area (Å²) in [5.41, 5.74) is 0.612. The quantitative estimate of drug-likeness (QED) is 0.868. The Bertz CT molecular complexity index is 576. The first-order chi connectivity index (χ1) is 8.72. The van der Waals surface area contributed by atoms with Crippen molar-refractivity contribution in [1.29, 1.82) is 0 Å². The number of hydrogen-bond donors (Lipinski definition) is 2. The van der Waals surface area contributed by atoms with Gasteiger partial charge in [0.15, 0.2) is 0 Å². The molecule has 0 aliphatic carbocycles. The maximum absolute atomic E-state index is 12.0. The molecule has 1 aromatic carbocycles. The van der Waals surface area contributed by atoms with E-state index in [0.29, 0.717) is 17.8 Å². The zero-order chi connectivity index (χ0) is 13.0. The second kappa shape index (κ2) is 5.49. The smallest absolute Gasteiger partial charge is 0.262 e. The maximum atomic E-state index is 12.0. The molecular formula is C14H16N2O2. The number of aromatic hydroxyl groups is 1. The molecule has 0 aliphatic heterocycles. The first-order valence-corrected chi connectivity index (χ1v) is 6.10. The zero-order valence-electron chi connectivity index (χ0n) is 10.3. The minimum atomic E-state index is -0.292. The molecule has 0 aliphatic rings. The van der Waals surface area contributed by atoms with Gasteiger partial charge in [-0.2, -0.15) is 4.98 Å². The van der Waals surface area contributed by atoms with E-state index < -0.39 is 0 Å². The molecule has 2 aromatic rings. The van der Waals surface area contributed by atoms with Gasteiger partial charge in [0.1, 0.15) is 11.4 Å². The Morgan fingerprint density at radius 2 is 2.00 bits per heavy atom. The Balaban J connectivity index is 2.42. The number of aromatic amines is 1. The summed E-state index contributed by atoms with van der Waals surface area (Å²) in [6.07, 6.45) is 2.63. The number of rotatable bonds is 4. The Morgan fingerprint density at radius 3 is 2.61 bits per heavy atom. The van der Waals surface area contributed by atoms with Crippen LogP contribution in [0, 0.1) is 0 Å². The number of nitrogens with one attached hydrogen (secondary N) is 1. The first kappa shape index (κ1) is 12.4. The van der Waals surface area contributed by atoms with Crippen molar-refractivity contribution in [3.8, 4) is 17.0 Å². The van der Waals surface area contributed by atoms with Crippen LogP contribution in [0.15, 0.2) is 35.1 Å². The molecule has 0 unspecified atom stereocenters. The lowest BCUT2D eigenvalue weighted by molar-refractivity contribution is 0.449. The number of benzene rings is 1. The van der Waals surface area contributed by atoms with Gasteiger partial charge in [0.25, 0.3) is 5.56 Å². The molecule has 0 saturated heterocycles. The number of aryl methyl sites for hydroxylation is 1. The number of nitrogens with zero attached hydrogens (tertiary/aromatic N) is 1. The summed E-state index contributed by atoms with van der Waals surface area (Å²) in [7, 11) is 0. The normalized spacial score (nSPS) is 10.5. The van der Waals surface area contributed by atoms with Crippen LogP contribution in [0.2, 0.25) is 0 Å². The second-order valence-corrected chi connectivity index (χ2v) is 4.18. The van der Waals surface area contributed by atoms with E-state index in [0.717, 1.165) is 12.8 Å². The molecule has 2 N–H and O–H groups in total. The molecule has 1 heterocycles. The maximum Gasteiger partial charge on any atom is 0.262 e. The summed E-state index contributed by atoms with van der Waals surface area (Å²) in [6, 6.07) is 9.05. The molecular weight excluding hydrogens is 228 g/mol. The molecule has 0 fully saturated rings. The highest BCUT2D eigenvalue weighted by atomic mass is 16.3. The van der Waals surface area contributed by atoms with Gasteiger partial charge in [0, 0.05) is 6.42 Å². The van der Waals surface area contributed by atoms with Gasteiger partial charge >= 0.3 is 0 Å². The summed E-state index contributed by atoms with van der Waals surface area (Å²) >= 11 is 0. The minimum Gasteiger partial charge on any atom is -0.493 e. The topological polar surface area (TPSA) is 66.0 Å². The third kappa shape index (κ3) is 2.59. The molecule has 0 bridgehead atoms. The predicted octanol–water partition coefficient (Wildman–Crippen LogP) is 2.49. The third-order valence-electron chi connectivity index (χ3n) is 2.78. The SMILES string of the molecule is CCCCc1nc(O)c(-c2ccccc2)c(=O)[nH]1.